The highest BCUT2D eigenvalue weighted by atomic mass is 16.5. The lowest BCUT2D eigenvalue weighted by atomic mass is 10.1. The van der Waals surface area contributed by atoms with E-state index >= 15 is 0 Å². The molecule has 0 radical (unpaired) electrons. The van der Waals surface area contributed by atoms with Crippen LogP contribution in [0.1, 0.15) is 11.1 Å². The minimum Gasteiger partial charge on any atom is -0.393 e. The second-order valence-electron chi connectivity index (χ2n) is 5.88. The number of anilines is 4. The highest BCUT2D eigenvalue weighted by Crippen LogP contribution is 2.29. The molecule has 1 aromatic heterocycles. The summed E-state index contributed by atoms with van der Waals surface area (Å²) in [5.41, 5.74) is 10.1. The van der Waals surface area contributed by atoms with Gasteiger partial charge in [-0.2, -0.15) is 0 Å². The number of aromatic nitrogens is 2. The third-order valence-electron chi connectivity index (χ3n) is 3.94. The summed E-state index contributed by atoms with van der Waals surface area (Å²) in [6.45, 7) is 6.59. The van der Waals surface area contributed by atoms with Gasteiger partial charge in [0, 0.05) is 33.0 Å². The molecule has 1 heterocycles. The highest BCUT2D eigenvalue weighted by molar-refractivity contribution is 5.79. The smallest absolute Gasteiger partial charge is 0.159 e. The van der Waals surface area contributed by atoms with E-state index in [0.29, 0.717) is 43.6 Å². The van der Waals surface area contributed by atoms with E-state index in [0.717, 1.165) is 11.3 Å². The Labute approximate surface area is 149 Å². The van der Waals surface area contributed by atoms with Crippen molar-refractivity contribution in [2.45, 2.75) is 13.8 Å². The van der Waals surface area contributed by atoms with E-state index in [1.54, 1.807) is 14.2 Å². The fraction of sp³-hybridized carbons (Fsp3) is 0.444. The van der Waals surface area contributed by atoms with Gasteiger partial charge in [-0.15, -0.1) is 0 Å². The largest absolute Gasteiger partial charge is 0.393 e. The minimum absolute atomic E-state index is 0.510. The molecule has 0 aliphatic heterocycles. The molecule has 0 saturated heterocycles. The van der Waals surface area contributed by atoms with Gasteiger partial charge in [0.05, 0.1) is 13.2 Å². The van der Waals surface area contributed by atoms with Gasteiger partial charge in [-0.05, 0) is 31.0 Å². The van der Waals surface area contributed by atoms with Gasteiger partial charge >= 0.3 is 0 Å². The molecule has 7 heteroatoms. The van der Waals surface area contributed by atoms with Crippen molar-refractivity contribution >= 4 is 23.0 Å². The number of ether oxygens (including phenoxy) is 2. The second-order valence-corrected chi connectivity index (χ2v) is 5.88. The number of rotatable bonds is 9. The first-order valence-electron chi connectivity index (χ1n) is 8.24. The zero-order chi connectivity index (χ0) is 18.2. The molecule has 1 aromatic carbocycles. The summed E-state index contributed by atoms with van der Waals surface area (Å²) in [5, 5.41) is 3.32. The lowest BCUT2D eigenvalue weighted by Crippen LogP contribution is -2.32. The predicted molar refractivity (Wildman–Crippen MR) is 102 cm³/mol. The number of nitrogen functional groups attached to an aromatic ring is 1. The van der Waals surface area contributed by atoms with Gasteiger partial charge in [0.25, 0.3) is 0 Å². The van der Waals surface area contributed by atoms with E-state index in [9.17, 15) is 0 Å². The highest BCUT2D eigenvalue weighted by Gasteiger charge is 2.15. The first kappa shape index (κ1) is 19.0. The molecule has 0 saturated carbocycles. The van der Waals surface area contributed by atoms with Crippen LogP contribution in [-0.2, 0) is 9.47 Å². The lowest BCUT2D eigenvalue weighted by Gasteiger charge is -2.25. The van der Waals surface area contributed by atoms with E-state index in [2.05, 4.69) is 40.4 Å². The Balaban J connectivity index is 2.29. The van der Waals surface area contributed by atoms with Crippen LogP contribution in [0.15, 0.2) is 24.5 Å². The van der Waals surface area contributed by atoms with Crippen LogP contribution in [0.3, 0.4) is 0 Å². The molecule has 25 heavy (non-hydrogen) atoms. The summed E-state index contributed by atoms with van der Waals surface area (Å²) in [6, 6.07) is 6.22. The van der Waals surface area contributed by atoms with Gasteiger partial charge in [-0.3, -0.25) is 0 Å². The summed E-state index contributed by atoms with van der Waals surface area (Å²) >= 11 is 0. The van der Waals surface area contributed by atoms with Crippen molar-refractivity contribution in [2.24, 2.45) is 0 Å². The Hall–Kier alpha value is -2.38. The standard InChI is InChI=1S/C18H27N5O2/c1-13-5-6-14(2)15(11-13)22-17-16(19)18(21-12-20-17)23(7-9-24-3)8-10-25-4/h5-6,11-12H,7-10,19H2,1-4H3,(H,20,21,22). The molecular weight excluding hydrogens is 318 g/mol. The lowest BCUT2D eigenvalue weighted by molar-refractivity contribution is 0.190. The van der Waals surface area contributed by atoms with Gasteiger partial charge in [0.15, 0.2) is 11.6 Å². The van der Waals surface area contributed by atoms with Crippen LogP contribution in [0.4, 0.5) is 23.0 Å². The third kappa shape index (κ3) is 5.04. The Kier molecular flexibility index (Phi) is 6.97. The summed E-state index contributed by atoms with van der Waals surface area (Å²) in [4.78, 5) is 10.7. The molecule has 0 aliphatic rings. The quantitative estimate of drug-likeness (QED) is 0.722. The maximum absolute atomic E-state index is 6.35. The number of hydrogen-bond donors (Lipinski definition) is 2. The number of nitrogens with two attached hydrogens (primary N) is 1. The van der Waals surface area contributed by atoms with Crippen LogP contribution in [0.2, 0.25) is 0 Å². The van der Waals surface area contributed by atoms with E-state index in [1.165, 1.54) is 11.9 Å². The normalized spacial score (nSPS) is 10.7. The summed E-state index contributed by atoms with van der Waals surface area (Å²) in [6.07, 6.45) is 1.52. The molecule has 7 nitrogen and oxygen atoms in total. The molecule has 0 aliphatic carbocycles. The molecular formula is C18H27N5O2. The van der Waals surface area contributed by atoms with Gasteiger partial charge in [0.1, 0.15) is 12.0 Å². The number of nitrogens with one attached hydrogen (secondary N) is 1. The fourth-order valence-electron chi connectivity index (χ4n) is 2.46. The molecule has 136 valence electrons. The molecule has 0 atom stereocenters. The van der Waals surface area contributed by atoms with Crippen LogP contribution in [0.5, 0.6) is 0 Å². The Bertz CT molecular complexity index is 685. The summed E-state index contributed by atoms with van der Waals surface area (Å²) < 4.78 is 10.4. The molecule has 2 rings (SSSR count). The zero-order valence-electron chi connectivity index (χ0n) is 15.4. The number of hydrogen-bond acceptors (Lipinski definition) is 7. The van der Waals surface area contributed by atoms with E-state index in [-0.39, 0.29) is 0 Å². The molecule has 2 aromatic rings. The average Bonchev–Trinajstić information content (AvgIpc) is 2.60. The number of benzene rings is 1. The van der Waals surface area contributed by atoms with Gasteiger partial charge in [0.2, 0.25) is 0 Å². The number of methoxy groups -OCH3 is 2. The van der Waals surface area contributed by atoms with Crippen molar-refractivity contribution in [3.63, 3.8) is 0 Å². The van der Waals surface area contributed by atoms with Gasteiger partial charge in [-0.1, -0.05) is 12.1 Å². The van der Waals surface area contributed by atoms with Crippen molar-refractivity contribution < 1.29 is 9.47 Å². The van der Waals surface area contributed by atoms with Crippen molar-refractivity contribution in [2.75, 3.05) is 56.5 Å². The molecule has 0 unspecified atom stereocenters. The number of aryl methyl sites for hydroxylation is 2. The minimum atomic E-state index is 0.510. The SMILES string of the molecule is COCCN(CCOC)c1ncnc(Nc2cc(C)ccc2C)c1N. The van der Waals surface area contributed by atoms with Crippen LogP contribution >= 0.6 is 0 Å². The average molecular weight is 345 g/mol. The monoisotopic (exact) mass is 345 g/mol. The van der Waals surface area contributed by atoms with Gasteiger partial charge < -0.3 is 25.4 Å². The zero-order valence-corrected chi connectivity index (χ0v) is 15.4. The van der Waals surface area contributed by atoms with Crippen molar-refractivity contribution in [1.29, 1.82) is 0 Å². The maximum atomic E-state index is 6.35. The van der Waals surface area contributed by atoms with E-state index < -0.39 is 0 Å². The topological polar surface area (TPSA) is 85.5 Å². The summed E-state index contributed by atoms with van der Waals surface area (Å²) in [5.74, 6) is 1.27. The first-order chi connectivity index (χ1) is 12.1. The van der Waals surface area contributed by atoms with Crippen molar-refractivity contribution in [3.05, 3.63) is 35.7 Å². The van der Waals surface area contributed by atoms with Crippen molar-refractivity contribution in [1.82, 2.24) is 9.97 Å². The van der Waals surface area contributed by atoms with Gasteiger partial charge in [-0.25, -0.2) is 9.97 Å². The Morgan fingerprint density at radius 2 is 1.76 bits per heavy atom. The second kappa shape index (κ2) is 9.19. The molecule has 0 spiro atoms. The van der Waals surface area contributed by atoms with E-state index in [1.807, 2.05) is 11.8 Å². The fourth-order valence-corrected chi connectivity index (χ4v) is 2.46. The Morgan fingerprint density at radius 3 is 2.40 bits per heavy atom. The predicted octanol–water partition coefficient (Wildman–Crippen LogP) is 2.52. The molecule has 0 fully saturated rings. The van der Waals surface area contributed by atoms with Crippen LogP contribution < -0.4 is 16.0 Å². The maximum Gasteiger partial charge on any atom is 0.159 e. The third-order valence-corrected chi connectivity index (χ3v) is 3.94. The first-order valence-corrected chi connectivity index (χ1v) is 8.24. The molecule has 0 amide bonds. The van der Waals surface area contributed by atoms with Crippen LogP contribution in [-0.4, -0.2) is 50.5 Å². The van der Waals surface area contributed by atoms with Crippen molar-refractivity contribution in [3.8, 4) is 0 Å². The van der Waals surface area contributed by atoms with Crippen LogP contribution in [0.25, 0.3) is 0 Å². The Morgan fingerprint density at radius 1 is 1.08 bits per heavy atom. The summed E-state index contributed by atoms with van der Waals surface area (Å²) in [7, 11) is 3.34. The molecule has 0 bridgehead atoms. The number of nitrogens with zero attached hydrogens (tertiary/aromatic N) is 3. The van der Waals surface area contributed by atoms with Crippen LogP contribution in [0, 0.1) is 13.8 Å². The molecule has 3 N–H and O–H groups in total. The van der Waals surface area contributed by atoms with E-state index in [4.69, 9.17) is 15.2 Å².